The average molecular weight is 389 g/mol. The van der Waals surface area contributed by atoms with Gasteiger partial charge in [-0.3, -0.25) is 4.79 Å². The van der Waals surface area contributed by atoms with Crippen molar-refractivity contribution in [2.45, 2.75) is 44.8 Å². The highest BCUT2D eigenvalue weighted by molar-refractivity contribution is 5.82. The Bertz CT molecular complexity index is 778. The Labute approximate surface area is 163 Å². The number of hydrazine groups is 1. The van der Waals surface area contributed by atoms with Crippen LogP contribution in [0.1, 0.15) is 43.4 Å². The third-order valence-electron chi connectivity index (χ3n) is 4.66. The monoisotopic (exact) mass is 389 g/mol. The lowest BCUT2D eigenvalue weighted by Crippen LogP contribution is -2.42. The minimum atomic E-state index is -0.660. The number of halogens is 2. The molecule has 5 nitrogen and oxygen atoms in total. The SMILES string of the molecule is CCCCOc1ccc(C2CC(C(=O)NCc3cc(F)cc(F)c3)NN2)cc1. The van der Waals surface area contributed by atoms with E-state index in [0.29, 0.717) is 18.6 Å². The van der Waals surface area contributed by atoms with Crippen LogP contribution in [0, 0.1) is 11.6 Å². The second-order valence-electron chi connectivity index (χ2n) is 6.90. The zero-order valence-electron chi connectivity index (χ0n) is 15.8. The third-order valence-corrected chi connectivity index (χ3v) is 4.66. The standard InChI is InChI=1S/C21H25F2N3O2/c1-2-3-8-28-18-6-4-15(5-7-18)19-12-20(26-25-19)21(27)24-13-14-9-16(22)11-17(23)10-14/h4-7,9-11,19-20,25-26H,2-3,8,12-13H2,1H3,(H,24,27). The van der Waals surface area contributed by atoms with Gasteiger partial charge >= 0.3 is 0 Å². The lowest BCUT2D eigenvalue weighted by Gasteiger charge is -2.12. The molecule has 2 aromatic carbocycles. The van der Waals surface area contributed by atoms with Crippen molar-refractivity contribution < 1.29 is 18.3 Å². The van der Waals surface area contributed by atoms with Crippen LogP contribution in [0.25, 0.3) is 0 Å². The van der Waals surface area contributed by atoms with Crippen LogP contribution < -0.4 is 20.9 Å². The number of unbranched alkanes of at least 4 members (excludes halogenated alkanes) is 1. The van der Waals surface area contributed by atoms with E-state index in [1.807, 2.05) is 24.3 Å². The molecule has 1 aliphatic heterocycles. The highest BCUT2D eigenvalue weighted by Crippen LogP contribution is 2.24. The molecule has 2 unspecified atom stereocenters. The van der Waals surface area contributed by atoms with E-state index in [1.165, 1.54) is 12.1 Å². The van der Waals surface area contributed by atoms with E-state index >= 15 is 0 Å². The molecule has 28 heavy (non-hydrogen) atoms. The van der Waals surface area contributed by atoms with Crippen molar-refractivity contribution in [1.29, 1.82) is 0 Å². The Morgan fingerprint density at radius 3 is 2.54 bits per heavy atom. The quantitative estimate of drug-likeness (QED) is 0.606. The Morgan fingerprint density at radius 1 is 1.14 bits per heavy atom. The number of ether oxygens (including phenoxy) is 1. The van der Waals surface area contributed by atoms with Crippen LogP contribution in [0.5, 0.6) is 5.75 Å². The van der Waals surface area contributed by atoms with E-state index in [-0.39, 0.29) is 18.5 Å². The second-order valence-corrected chi connectivity index (χ2v) is 6.90. The second kappa shape index (κ2) is 9.61. The van der Waals surface area contributed by atoms with Crippen molar-refractivity contribution in [2.24, 2.45) is 0 Å². The molecular weight excluding hydrogens is 364 g/mol. The molecule has 2 aromatic rings. The number of carbonyl (C=O) groups excluding carboxylic acids is 1. The van der Waals surface area contributed by atoms with Crippen LogP contribution in [0.2, 0.25) is 0 Å². The molecular formula is C21H25F2N3O2. The highest BCUT2D eigenvalue weighted by atomic mass is 19.1. The molecule has 1 heterocycles. The maximum absolute atomic E-state index is 13.2. The summed E-state index contributed by atoms with van der Waals surface area (Å²) in [6, 6.07) is 10.6. The van der Waals surface area contributed by atoms with Gasteiger partial charge in [-0.2, -0.15) is 0 Å². The van der Waals surface area contributed by atoms with Gasteiger partial charge in [-0.25, -0.2) is 19.6 Å². The van der Waals surface area contributed by atoms with Crippen LogP contribution in [0.3, 0.4) is 0 Å². The molecule has 0 radical (unpaired) electrons. The summed E-state index contributed by atoms with van der Waals surface area (Å²) in [6.07, 6.45) is 2.68. The maximum atomic E-state index is 13.2. The number of nitrogens with one attached hydrogen (secondary N) is 3. The van der Waals surface area contributed by atoms with Gasteiger partial charge in [0.05, 0.1) is 6.61 Å². The number of amides is 1. The topological polar surface area (TPSA) is 62.4 Å². The summed E-state index contributed by atoms with van der Waals surface area (Å²) in [5, 5.41) is 2.71. The molecule has 1 aliphatic rings. The largest absolute Gasteiger partial charge is 0.494 e. The molecule has 1 amide bonds. The number of benzene rings is 2. The lowest BCUT2D eigenvalue weighted by molar-refractivity contribution is -0.123. The first kappa shape index (κ1) is 20.2. The van der Waals surface area contributed by atoms with Gasteiger partial charge in [0.25, 0.3) is 0 Å². The van der Waals surface area contributed by atoms with Crippen molar-refractivity contribution >= 4 is 5.91 Å². The number of carbonyl (C=O) groups is 1. The van der Waals surface area contributed by atoms with Crippen molar-refractivity contribution in [3.05, 3.63) is 65.2 Å². The summed E-state index contributed by atoms with van der Waals surface area (Å²) in [5.41, 5.74) is 7.53. The highest BCUT2D eigenvalue weighted by Gasteiger charge is 2.29. The van der Waals surface area contributed by atoms with Gasteiger partial charge in [0.1, 0.15) is 23.4 Å². The Kier molecular flexibility index (Phi) is 6.95. The summed E-state index contributed by atoms with van der Waals surface area (Å²) in [5.74, 6) is -0.710. The van der Waals surface area contributed by atoms with E-state index in [9.17, 15) is 13.6 Å². The van der Waals surface area contributed by atoms with E-state index in [4.69, 9.17) is 4.74 Å². The molecule has 2 atom stereocenters. The minimum absolute atomic E-state index is 0.00736. The predicted molar refractivity (Wildman–Crippen MR) is 102 cm³/mol. The van der Waals surface area contributed by atoms with E-state index in [0.717, 1.165) is 30.2 Å². The Hall–Kier alpha value is -2.51. The minimum Gasteiger partial charge on any atom is -0.494 e. The van der Waals surface area contributed by atoms with Gasteiger partial charge in [-0.1, -0.05) is 25.5 Å². The molecule has 0 saturated carbocycles. The van der Waals surface area contributed by atoms with Crippen LogP contribution >= 0.6 is 0 Å². The zero-order valence-corrected chi connectivity index (χ0v) is 15.8. The first-order valence-corrected chi connectivity index (χ1v) is 9.51. The maximum Gasteiger partial charge on any atom is 0.238 e. The first-order valence-electron chi connectivity index (χ1n) is 9.51. The smallest absolute Gasteiger partial charge is 0.238 e. The van der Waals surface area contributed by atoms with E-state index < -0.39 is 17.7 Å². The zero-order chi connectivity index (χ0) is 19.9. The molecule has 0 aromatic heterocycles. The van der Waals surface area contributed by atoms with Crippen LogP contribution in [-0.4, -0.2) is 18.6 Å². The molecule has 0 aliphatic carbocycles. The fourth-order valence-electron chi connectivity index (χ4n) is 3.10. The van der Waals surface area contributed by atoms with E-state index in [2.05, 4.69) is 23.1 Å². The van der Waals surface area contributed by atoms with Gasteiger partial charge < -0.3 is 10.1 Å². The Morgan fingerprint density at radius 2 is 1.86 bits per heavy atom. The number of hydrogen-bond acceptors (Lipinski definition) is 4. The molecule has 1 saturated heterocycles. The summed E-state index contributed by atoms with van der Waals surface area (Å²) in [6.45, 7) is 2.89. The summed E-state index contributed by atoms with van der Waals surface area (Å²) < 4.78 is 32.1. The van der Waals surface area contributed by atoms with Gasteiger partial charge in [-0.15, -0.1) is 0 Å². The van der Waals surface area contributed by atoms with Gasteiger partial charge in [0.15, 0.2) is 0 Å². The molecule has 1 fully saturated rings. The van der Waals surface area contributed by atoms with Gasteiger partial charge in [-0.05, 0) is 48.2 Å². The third kappa shape index (κ3) is 5.50. The molecule has 0 spiro atoms. The first-order chi connectivity index (χ1) is 13.5. The van der Waals surface area contributed by atoms with Crippen molar-refractivity contribution in [3.63, 3.8) is 0 Å². The van der Waals surface area contributed by atoms with Crippen molar-refractivity contribution in [1.82, 2.24) is 16.2 Å². The fourth-order valence-corrected chi connectivity index (χ4v) is 3.10. The van der Waals surface area contributed by atoms with Gasteiger partial charge in [0, 0.05) is 18.7 Å². The Balaban J connectivity index is 1.49. The van der Waals surface area contributed by atoms with E-state index in [1.54, 1.807) is 0 Å². The summed E-state index contributed by atoms with van der Waals surface area (Å²) in [4.78, 5) is 12.3. The molecule has 3 rings (SSSR count). The van der Waals surface area contributed by atoms with Crippen LogP contribution in [0.4, 0.5) is 8.78 Å². The van der Waals surface area contributed by atoms with Gasteiger partial charge in [0.2, 0.25) is 5.91 Å². The predicted octanol–water partition coefficient (Wildman–Crippen LogP) is 3.37. The lowest BCUT2D eigenvalue weighted by atomic mass is 10.0. The molecule has 150 valence electrons. The molecule has 7 heteroatoms. The van der Waals surface area contributed by atoms with Crippen LogP contribution in [0.15, 0.2) is 42.5 Å². The van der Waals surface area contributed by atoms with Crippen molar-refractivity contribution in [3.8, 4) is 5.75 Å². The van der Waals surface area contributed by atoms with Crippen molar-refractivity contribution in [2.75, 3.05) is 6.61 Å². The summed E-state index contributed by atoms with van der Waals surface area (Å²) in [7, 11) is 0. The average Bonchev–Trinajstić information content (AvgIpc) is 3.16. The number of hydrogen-bond donors (Lipinski definition) is 3. The normalized spacial score (nSPS) is 18.8. The van der Waals surface area contributed by atoms with Crippen LogP contribution in [-0.2, 0) is 11.3 Å². The number of rotatable bonds is 8. The summed E-state index contributed by atoms with van der Waals surface area (Å²) >= 11 is 0. The fraction of sp³-hybridized carbons (Fsp3) is 0.381. The molecule has 0 bridgehead atoms. The molecule has 3 N–H and O–H groups in total.